The number of anilines is 1. The van der Waals surface area contributed by atoms with Crippen LogP contribution in [0.5, 0.6) is 0 Å². The summed E-state index contributed by atoms with van der Waals surface area (Å²) in [6.07, 6.45) is 3.36. The second-order valence-electron chi connectivity index (χ2n) is 9.56. The molecule has 1 spiro atoms. The molecule has 7 rings (SSSR count). The van der Waals surface area contributed by atoms with Gasteiger partial charge in [-0.3, -0.25) is 14.6 Å². The number of carbonyl (C=O) groups is 2. The van der Waals surface area contributed by atoms with Gasteiger partial charge in [0.05, 0.1) is 12.2 Å². The third-order valence-electron chi connectivity index (χ3n) is 7.23. The third kappa shape index (κ3) is 3.86. The van der Waals surface area contributed by atoms with Gasteiger partial charge in [0, 0.05) is 33.6 Å². The standard InChI is InChI=1S/C30H21BrN6O2S/c31-22-12-10-20(11-13-22)25(38)26-30(35-37-27(33-34-29(37)40-26)21-14-16-32-17-15-21)23-8-4-5-9-24(23)36(28(30)39)18-19-6-2-1-3-7-19/h1-17,26,35H,18H2. The zero-order valence-corrected chi connectivity index (χ0v) is 23.3. The van der Waals surface area contributed by atoms with Gasteiger partial charge in [-0.25, -0.2) is 4.68 Å². The number of nitrogens with zero attached hydrogens (tertiary/aromatic N) is 5. The van der Waals surface area contributed by atoms with Crippen molar-refractivity contribution < 1.29 is 9.59 Å². The number of pyridine rings is 1. The van der Waals surface area contributed by atoms with Gasteiger partial charge in [-0.1, -0.05) is 88.4 Å². The predicted molar refractivity (Wildman–Crippen MR) is 156 cm³/mol. The topological polar surface area (TPSA) is 93.0 Å². The lowest BCUT2D eigenvalue weighted by Gasteiger charge is -2.40. The Morgan fingerprint density at radius 3 is 2.42 bits per heavy atom. The Labute approximate surface area is 242 Å². The Hall–Kier alpha value is -4.28. The van der Waals surface area contributed by atoms with Gasteiger partial charge in [0.2, 0.25) is 5.16 Å². The van der Waals surface area contributed by atoms with Crippen LogP contribution in [0.15, 0.2) is 113 Å². The van der Waals surface area contributed by atoms with Gasteiger partial charge in [-0.15, -0.1) is 10.2 Å². The lowest BCUT2D eigenvalue weighted by Crippen LogP contribution is -2.60. The molecule has 1 N–H and O–H groups in total. The number of aromatic nitrogens is 4. The van der Waals surface area contributed by atoms with E-state index < -0.39 is 10.8 Å². The zero-order chi connectivity index (χ0) is 27.3. The van der Waals surface area contributed by atoms with Crippen molar-refractivity contribution in [2.24, 2.45) is 0 Å². The number of para-hydroxylation sites is 1. The molecule has 40 heavy (non-hydrogen) atoms. The van der Waals surface area contributed by atoms with E-state index in [2.05, 4.69) is 36.5 Å². The number of thioether (sulfide) groups is 1. The number of ketones is 1. The summed E-state index contributed by atoms with van der Waals surface area (Å²) in [6.45, 7) is 0.371. The molecule has 3 aromatic carbocycles. The minimum atomic E-state index is -1.41. The Bertz CT molecular complexity index is 1750. The molecule has 2 aliphatic heterocycles. The SMILES string of the molecule is O=C(c1ccc(Br)cc1)C1Sc2nnc(-c3ccncc3)n2NC12C(=O)N(Cc1ccccc1)c1ccccc12. The van der Waals surface area contributed by atoms with Crippen LogP contribution in [0.25, 0.3) is 11.4 Å². The van der Waals surface area contributed by atoms with Crippen molar-refractivity contribution in [3.05, 3.63) is 125 Å². The van der Waals surface area contributed by atoms with Crippen molar-refractivity contribution in [2.75, 3.05) is 10.3 Å². The first-order valence-corrected chi connectivity index (χ1v) is 14.3. The first-order chi connectivity index (χ1) is 19.6. The van der Waals surface area contributed by atoms with Crippen LogP contribution < -0.4 is 10.3 Å². The number of halogens is 1. The van der Waals surface area contributed by atoms with Crippen molar-refractivity contribution in [1.82, 2.24) is 19.9 Å². The lowest BCUT2D eigenvalue weighted by atomic mass is 9.84. The van der Waals surface area contributed by atoms with E-state index in [9.17, 15) is 9.59 Å². The molecule has 2 atom stereocenters. The molecule has 0 fully saturated rings. The van der Waals surface area contributed by atoms with Crippen molar-refractivity contribution in [3.8, 4) is 11.4 Å². The van der Waals surface area contributed by atoms with E-state index in [1.54, 1.807) is 34.1 Å². The summed E-state index contributed by atoms with van der Waals surface area (Å²) >= 11 is 4.71. The number of nitrogens with one attached hydrogen (secondary N) is 1. The number of rotatable bonds is 5. The van der Waals surface area contributed by atoms with Crippen LogP contribution in [0.4, 0.5) is 5.69 Å². The van der Waals surface area contributed by atoms with E-state index in [0.717, 1.165) is 26.9 Å². The molecule has 0 saturated carbocycles. The predicted octanol–water partition coefficient (Wildman–Crippen LogP) is 5.45. The highest BCUT2D eigenvalue weighted by Gasteiger charge is 2.61. The van der Waals surface area contributed by atoms with Gasteiger partial charge < -0.3 is 10.3 Å². The number of fused-ring (bicyclic) bond motifs is 3. The second kappa shape index (κ2) is 9.72. The minimum Gasteiger partial charge on any atom is -0.305 e. The van der Waals surface area contributed by atoms with Gasteiger partial charge >= 0.3 is 0 Å². The number of Topliss-reactive ketones (excluding diaryl/α,β-unsaturated/α-hetero) is 1. The lowest BCUT2D eigenvalue weighted by molar-refractivity contribution is -0.122. The first-order valence-electron chi connectivity index (χ1n) is 12.6. The quantitative estimate of drug-likeness (QED) is 0.265. The van der Waals surface area contributed by atoms with Gasteiger partial charge in [0.15, 0.2) is 17.1 Å². The maximum Gasteiger partial charge on any atom is 0.260 e. The first kappa shape index (κ1) is 24.7. The van der Waals surface area contributed by atoms with E-state index in [0.29, 0.717) is 23.1 Å². The Balaban J connectivity index is 1.41. The molecule has 5 aromatic rings. The van der Waals surface area contributed by atoms with E-state index in [4.69, 9.17) is 0 Å². The fourth-order valence-electron chi connectivity index (χ4n) is 5.34. The number of hydrogen-bond acceptors (Lipinski definition) is 7. The molecule has 4 heterocycles. The van der Waals surface area contributed by atoms with Gasteiger partial charge in [-0.05, 0) is 35.9 Å². The van der Waals surface area contributed by atoms with Crippen LogP contribution >= 0.6 is 27.7 Å². The Kier molecular flexibility index (Phi) is 6.01. The molecule has 0 bridgehead atoms. The van der Waals surface area contributed by atoms with Crippen LogP contribution in [0.3, 0.4) is 0 Å². The Morgan fingerprint density at radius 2 is 1.65 bits per heavy atom. The molecular weight excluding hydrogens is 588 g/mol. The highest BCUT2D eigenvalue weighted by atomic mass is 79.9. The van der Waals surface area contributed by atoms with Crippen molar-refractivity contribution in [1.29, 1.82) is 0 Å². The van der Waals surface area contributed by atoms with Crippen molar-refractivity contribution in [2.45, 2.75) is 22.5 Å². The molecule has 0 aliphatic carbocycles. The van der Waals surface area contributed by atoms with E-state index in [1.165, 1.54) is 11.8 Å². The van der Waals surface area contributed by atoms with Crippen molar-refractivity contribution in [3.63, 3.8) is 0 Å². The summed E-state index contributed by atoms with van der Waals surface area (Å²) in [4.78, 5) is 34.9. The fourth-order valence-corrected chi connectivity index (χ4v) is 6.84. The van der Waals surface area contributed by atoms with Gasteiger partial charge in [0.1, 0.15) is 5.25 Å². The van der Waals surface area contributed by atoms with Crippen LogP contribution in [0, 0.1) is 0 Å². The van der Waals surface area contributed by atoms with Gasteiger partial charge in [0.25, 0.3) is 5.91 Å². The number of hydrogen-bond donors (Lipinski definition) is 1. The molecule has 2 unspecified atom stereocenters. The van der Waals surface area contributed by atoms with Gasteiger partial charge in [-0.2, -0.15) is 0 Å². The molecule has 196 valence electrons. The summed E-state index contributed by atoms with van der Waals surface area (Å²) < 4.78 is 2.60. The summed E-state index contributed by atoms with van der Waals surface area (Å²) in [6, 6.07) is 28.4. The van der Waals surface area contributed by atoms with Crippen molar-refractivity contribution >= 4 is 45.1 Å². The highest BCUT2D eigenvalue weighted by molar-refractivity contribution is 9.10. The van der Waals surface area contributed by atoms with E-state index in [-0.39, 0.29) is 11.7 Å². The number of amides is 1. The highest BCUT2D eigenvalue weighted by Crippen LogP contribution is 2.51. The maximum atomic E-state index is 14.7. The average Bonchev–Trinajstić information content (AvgIpc) is 3.51. The average molecular weight is 610 g/mol. The zero-order valence-electron chi connectivity index (χ0n) is 20.9. The smallest absolute Gasteiger partial charge is 0.260 e. The monoisotopic (exact) mass is 608 g/mol. The maximum absolute atomic E-state index is 14.7. The molecule has 0 radical (unpaired) electrons. The molecule has 2 aromatic heterocycles. The minimum absolute atomic E-state index is 0.172. The summed E-state index contributed by atoms with van der Waals surface area (Å²) in [5.41, 5.74) is 5.86. The number of carbonyl (C=O) groups excluding carboxylic acids is 2. The number of benzene rings is 3. The molecule has 0 saturated heterocycles. The largest absolute Gasteiger partial charge is 0.305 e. The normalized spacial score (nSPS) is 19.3. The summed E-state index contributed by atoms with van der Waals surface area (Å²) in [5, 5.41) is 8.49. The van der Waals surface area contributed by atoms with Crippen LogP contribution in [-0.2, 0) is 16.9 Å². The fraction of sp³-hybridized carbons (Fsp3) is 0.100. The molecule has 1 amide bonds. The molecule has 10 heteroatoms. The van der Waals surface area contributed by atoms with Crippen LogP contribution in [-0.4, -0.2) is 36.8 Å². The van der Waals surface area contributed by atoms with E-state index in [1.807, 2.05) is 78.9 Å². The summed E-state index contributed by atoms with van der Waals surface area (Å²) in [5.74, 6) is 0.153. The second-order valence-corrected chi connectivity index (χ2v) is 11.5. The molecular formula is C30H21BrN6O2S. The Morgan fingerprint density at radius 1 is 0.925 bits per heavy atom. The molecule has 8 nitrogen and oxygen atoms in total. The van der Waals surface area contributed by atoms with Crippen LogP contribution in [0.1, 0.15) is 21.5 Å². The van der Waals surface area contributed by atoms with Crippen LogP contribution in [0.2, 0.25) is 0 Å². The molecule has 2 aliphatic rings. The third-order valence-corrected chi connectivity index (χ3v) is 9.04. The summed E-state index contributed by atoms with van der Waals surface area (Å²) in [7, 11) is 0. The van der Waals surface area contributed by atoms with E-state index >= 15 is 0 Å².